The number of carbonyl (C=O) groups excluding carboxylic acids is 1. The largest absolute Gasteiger partial charge is 0.494 e. The molecule has 1 aromatic rings. The molecule has 0 aromatic heterocycles. The number of benzene rings is 1. The molecule has 5 nitrogen and oxygen atoms in total. The monoisotopic (exact) mass is 320 g/mol. The maximum atomic E-state index is 11.7. The van der Waals surface area contributed by atoms with E-state index < -0.39 is 6.09 Å². The minimum Gasteiger partial charge on any atom is -0.494 e. The number of nitrogens with one attached hydrogen (secondary N) is 2. The number of hydrogen-bond acceptors (Lipinski definition) is 4. The third-order valence-corrected chi connectivity index (χ3v) is 4.03. The average molecular weight is 320 g/mol. The zero-order valence-electron chi connectivity index (χ0n) is 14.2. The van der Waals surface area contributed by atoms with Crippen molar-refractivity contribution >= 4 is 17.5 Å². The van der Waals surface area contributed by atoms with Crippen molar-refractivity contribution < 1.29 is 14.3 Å². The van der Waals surface area contributed by atoms with Crippen LogP contribution in [-0.2, 0) is 4.74 Å². The van der Waals surface area contributed by atoms with Gasteiger partial charge in [0, 0.05) is 12.1 Å². The normalized spacial score (nSPS) is 15.6. The molecule has 0 aliphatic heterocycles. The van der Waals surface area contributed by atoms with Gasteiger partial charge in [-0.25, -0.2) is 4.79 Å². The first-order valence-corrected chi connectivity index (χ1v) is 8.70. The van der Waals surface area contributed by atoms with E-state index in [1.807, 2.05) is 25.1 Å². The second-order valence-corrected chi connectivity index (χ2v) is 5.82. The Morgan fingerprint density at radius 1 is 1.09 bits per heavy atom. The molecule has 23 heavy (non-hydrogen) atoms. The molecule has 0 heterocycles. The summed E-state index contributed by atoms with van der Waals surface area (Å²) >= 11 is 0. The Morgan fingerprint density at radius 2 is 1.83 bits per heavy atom. The maximum Gasteiger partial charge on any atom is 0.411 e. The maximum absolute atomic E-state index is 11.7. The van der Waals surface area contributed by atoms with Crippen LogP contribution < -0.4 is 15.4 Å². The van der Waals surface area contributed by atoms with Gasteiger partial charge < -0.3 is 14.8 Å². The van der Waals surface area contributed by atoms with E-state index in [1.165, 1.54) is 25.7 Å². The molecule has 1 aliphatic carbocycles. The second kappa shape index (κ2) is 9.28. The van der Waals surface area contributed by atoms with E-state index in [4.69, 9.17) is 9.47 Å². The third-order valence-electron chi connectivity index (χ3n) is 4.03. The Kier molecular flexibility index (Phi) is 7.04. The van der Waals surface area contributed by atoms with Crippen LogP contribution in [0, 0.1) is 0 Å². The van der Waals surface area contributed by atoms with E-state index in [9.17, 15) is 4.79 Å². The fourth-order valence-corrected chi connectivity index (χ4v) is 2.93. The van der Waals surface area contributed by atoms with Crippen LogP contribution in [-0.4, -0.2) is 25.3 Å². The molecule has 1 fully saturated rings. The van der Waals surface area contributed by atoms with Gasteiger partial charge in [-0.3, -0.25) is 5.32 Å². The van der Waals surface area contributed by atoms with Gasteiger partial charge in [0.1, 0.15) is 5.75 Å². The van der Waals surface area contributed by atoms with Crippen LogP contribution in [0.2, 0.25) is 0 Å². The van der Waals surface area contributed by atoms with Crippen LogP contribution in [0.5, 0.6) is 5.75 Å². The van der Waals surface area contributed by atoms with E-state index in [0.717, 1.165) is 30.0 Å². The van der Waals surface area contributed by atoms with Gasteiger partial charge in [0.15, 0.2) is 0 Å². The first-order valence-electron chi connectivity index (χ1n) is 8.70. The third kappa shape index (κ3) is 5.66. The van der Waals surface area contributed by atoms with E-state index in [0.29, 0.717) is 19.3 Å². The molecule has 0 spiro atoms. The van der Waals surface area contributed by atoms with Gasteiger partial charge in [-0.2, -0.15) is 0 Å². The van der Waals surface area contributed by atoms with Gasteiger partial charge in [-0.05, 0) is 38.8 Å². The Hall–Kier alpha value is -1.91. The van der Waals surface area contributed by atoms with Gasteiger partial charge in [0.25, 0.3) is 0 Å². The number of ether oxygens (including phenoxy) is 2. The number of carbonyl (C=O) groups is 1. The standard InChI is InChI=1S/C18H28N2O3/c1-3-22-15-11-12-16(20-18(21)23-4-2)17(13-15)19-14-9-7-5-6-8-10-14/h11-14,19H,3-10H2,1-2H3,(H,20,21). The molecule has 0 unspecified atom stereocenters. The lowest BCUT2D eigenvalue weighted by Crippen LogP contribution is -2.21. The van der Waals surface area contributed by atoms with Crippen LogP contribution >= 0.6 is 0 Å². The molecule has 1 aromatic carbocycles. The Balaban J connectivity index is 2.13. The molecule has 2 N–H and O–H groups in total. The predicted octanol–water partition coefficient (Wildman–Crippen LogP) is 4.79. The lowest BCUT2D eigenvalue weighted by molar-refractivity contribution is 0.168. The summed E-state index contributed by atoms with van der Waals surface area (Å²) in [5.41, 5.74) is 1.63. The quantitative estimate of drug-likeness (QED) is 0.740. The van der Waals surface area contributed by atoms with Crippen molar-refractivity contribution in [3.63, 3.8) is 0 Å². The molecule has 0 saturated heterocycles. The summed E-state index contributed by atoms with van der Waals surface area (Å²) in [6.45, 7) is 4.73. The van der Waals surface area contributed by atoms with Crippen LogP contribution in [0.15, 0.2) is 18.2 Å². The lowest BCUT2D eigenvalue weighted by Gasteiger charge is -2.21. The van der Waals surface area contributed by atoms with Crippen molar-refractivity contribution in [2.24, 2.45) is 0 Å². The van der Waals surface area contributed by atoms with Gasteiger partial charge in [0.05, 0.1) is 24.6 Å². The van der Waals surface area contributed by atoms with Gasteiger partial charge >= 0.3 is 6.09 Å². The first-order chi connectivity index (χ1) is 11.2. The molecule has 1 saturated carbocycles. The smallest absolute Gasteiger partial charge is 0.411 e. The number of hydrogen-bond donors (Lipinski definition) is 2. The summed E-state index contributed by atoms with van der Waals surface area (Å²) in [6.07, 6.45) is 7.03. The minimum atomic E-state index is -0.430. The summed E-state index contributed by atoms with van der Waals surface area (Å²) in [5.74, 6) is 0.804. The number of amides is 1. The summed E-state index contributed by atoms with van der Waals surface area (Å²) in [7, 11) is 0. The number of anilines is 2. The van der Waals surface area contributed by atoms with Gasteiger partial charge in [-0.15, -0.1) is 0 Å². The number of rotatable bonds is 6. The predicted molar refractivity (Wildman–Crippen MR) is 93.4 cm³/mol. The van der Waals surface area contributed by atoms with E-state index in [2.05, 4.69) is 10.6 Å². The first kappa shape index (κ1) is 17.4. The van der Waals surface area contributed by atoms with Crippen molar-refractivity contribution in [2.75, 3.05) is 23.8 Å². The molecule has 5 heteroatoms. The lowest BCUT2D eigenvalue weighted by atomic mass is 10.1. The Labute approximate surface area is 138 Å². The molecular formula is C18H28N2O3. The van der Waals surface area contributed by atoms with Gasteiger partial charge in [0.2, 0.25) is 0 Å². The van der Waals surface area contributed by atoms with Crippen LogP contribution in [0.1, 0.15) is 52.4 Å². The van der Waals surface area contributed by atoms with Crippen LogP contribution in [0.4, 0.5) is 16.2 Å². The minimum absolute atomic E-state index is 0.355. The van der Waals surface area contributed by atoms with Crippen LogP contribution in [0.25, 0.3) is 0 Å². The SMILES string of the molecule is CCOC(=O)Nc1ccc(OCC)cc1NC1CCCCCC1. The molecule has 0 bridgehead atoms. The Bertz CT molecular complexity index is 497. The molecule has 1 aliphatic rings. The van der Waals surface area contributed by atoms with Crippen molar-refractivity contribution in [3.05, 3.63) is 18.2 Å². The second-order valence-electron chi connectivity index (χ2n) is 5.82. The zero-order valence-corrected chi connectivity index (χ0v) is 14.2. The van der Waals surface area contributed by atoms with Crippen LogP contribution in [0.3, 0.4) is 0 Å². The highest BCUT2D eigenvalue weighted by molar-refractivity contribution is 5.89. The van der Waals surface area contributed by atoms with Crippen molar-refractivity contribution in [2.45, 2.75) is 58.4 Å². The fraction of sp³-hybridized carbons (Fsp3) is 0.611. The topological polar surface area (TPSA) is 59.6 Å². The Morgan fingerprint density at radius 3 is 2.48 bits per heavy atom. The van der Waals surface area contributed by atoms with E-state index >= 15 is 0 Å². The van der Waals surface area contributed by atoms with Gasteiger partial charge in [-0.1, -0.05) is 25.7 Å². The highest BCUT2D eigenvalue weighted by Crippen LogP contribution is 2.30. The van der Waals surface area contributed by atoms with Crippen molar-refractivity contribution in [1.29, 1.82) is 0 Å². The van der Waals surface area contributed by atoms with E-state index in [1.54, 1.807) is 6.92 Å². The molecule has 2 rings (SSSR count). The summed E-state index contributed by atoms with van der Waals surface area (Å²) in [4.78, 5) is 11.7. The summed E-state index contributed by atoms with van der Waals surface area (Å²) < 4.78 is 10.6. The molecule has 0 atom stereocenters. The van der Waals surface area contributed by atoms with E-state index in [-0.39, 0.29) is 0 Å². The average Bonchev–Trinajstić information content (AvgIpc) is 2.79. The molecule has 1 amide bonds. The molecule has 0 radical (unpaired) electrons. The highest BCUT2D eigenvalue weighted by Gasteiger charge is 2.15. The van der Waals surface area contributed by atoms with Crippen molar-refractivity contribution in [1.82, 2.24) is 0 Å². The van der Waals surface area contributed by atoms with Crippen molar-refractivity contribution in [3.8, 4) is 5.75 Å². The molecular weight excluding hydrogens is 292 g/mol. The zero-order chi connectivity index (χ0) is 16.5. The summed E-state index contributed by atoms with van der Waals surface area (Å²) in [5, 5.41) is 6.39. The summed E-state index contributed by atoms with van der Waals surface area (Å²) in [6, 6.07) is 6.12. The molecule has 128 valence electrons. The highest BCUT2D eigenvalue weighted by atomic mass is 16.5. The fourth-order valence-electron chi connectivity index (χ4n) is 2.93.